The minimum Gasteiger partial charge on any atom is -0.491 e. The van der Waals surface area contributed by atoms with E-state index in [4.69, 9.17) is 9.47 Å². The van der Waals surface area contributed by atoms with Crippen molar-refractivity contribution in [3.8, 4) is 11.6 Å². The highest BCUT2D eigenvalue weighted by Crippen LogP contribution is 2.54. The highest BCUT2D eigenvalue weighted by Gasteiger charge is 2.57. The molecular formula is C18H22N2O2. The average molecular weight is 298 g/mol. The van der Waals surface area contributed by atoms with Crippen molar-refractivity contribution in [2.24, 2.45) is 11.3 Å². The number of fused-ring (bicyclic) bond motifs is 2. The normalized spacial score (nSPS) is 26.2. The summed E-state index contributed by atoms with van der Waals surface area (Å²) in [4.78, 5) is 4.44. The third-order valence-electron chi connectivity index (χ3n) is 4.80. The number of rotatable bonds is 5. The molecule has 1 aromatic carbocycles. The van der Waals surface area contributed by atoms with E-state index in [-0.39, 0.29) is 6.10 Å². The van der Waals surface area contributed by atoms with Gasteiger partial charge in [-0.1, -0.05) is 6.07 Å². The summed E-state index contributed by atoms with van der Waals surface area (Å²) >= 11 is 0. The average Bonchev–Trinajstić information content (AvgIpc) is 3.05. The van der Waals surface area contributed by atoms with Gasteiger partial charge in [-0.15, -0.1) is 0 Å². The molecule has 1 saturated carbocycles. The fourth-order valence-electron chi connectivity index (χ4n) is 3.45. The molecule has 22 heavy (non-hydrogen) atoms. The second-order valence-electron chi connectivity index (χ2n) is 6.85. The zero-order valence-corrected chi connectivity index (χ0v) is 13.1. The number of aromatic nitrogens is 1. The van der Waals surface area contributed by atoms with Gasteiger partial charge in [-0.25, -0.2) is 4.98 Å². The number of ether oxygens (including phenoxy) is 2. The Kier molecular flexibility index (Phi) is 3.22. The Morgan fingerprint density at radius 2 is 2.27 bits per heavy atom. The molecule has 0 spiro atoms. The molecule has 0 radical (unpaired) electrons. The molecule has 2 atom stereocenters. The summed E-state index contributed by atoms with van der Waals surface area (Å²) < 4.78 is 11.9. The van der Waals surface area contributed by atoms with Gasteiger partial charge < -0.3 is 14.8 Å². The van der Waals surface area contributed by atoms with E-state index in [2.05, 4.69) is 16.4 Å². The second kappa shape index (κ2) is 5.13. The second-order valence-corrected chi connectivity index (χ2v) is 6.85. The monoisotopic (exact) mass is 298 g/mol. The van der Waals surface area contributed by atoms with Crippen molar-refractivity contribution in [3.63, 3.8) is 0 Å². The lowest BCUT2D eigenvalue weighted by Gasteiger charge is -2.15. The van der Waals surface area contributed by atoms with Crippen LogP contribution in [-0.4, -0.2) is 30.8 Å². The Hall–Kier alpha value is -1.81. The molecule has 0 bridgehead atoms. The predicted octanol–water partition coefficient (Wildman–Crippen LogP) is 3.01. The van der Waals surface area contributed by atoms with Crippen molar-refractivity contribution in [1.29, 1.82) is 0 Å². The van der Waals surface area contributed by atoms with E-state index in [0.29, 0.717) is 5.41 Å². The Labute approximate surface area is 130 Å². The van der Waals surface area contributed by atoms with Crippen LogP contribution in [0.4, 0.5) is 0 Å². The molecule has 1 N–H and O–H groups in total. The van der Waals surface area contributed by atoms with Gasteiger partial charge in [0, 0.05) is 23.5 Å². The molecular weight excluding hydrogens is 276 g/mol. The summed E-state index contributed by atoms with van der Waals surface area (Å²) in [5.41, 5.74) is 0.357. The van der Waals surface area contributed by atoms with Gasteiger partial charge >= 0.3 is 0 Å². The van der Waals surface area contributed by atoms with Crippen LogP contribution in [0.5, 0.6) is 11.6 Å². The first-order chi connectivity index (χ1) is 10.7. The SMILES string of the molecule is CC(C)Oc1ccc2ccnc(OCC34CNC[C@@H]3C4)c2c1. The van der Waals surface area contributed by atoms with E-state index in [1.807, 2.05) is 38.2 Å². The first-order valence-corrected chi connectivity index (χ1v) is 8.05. The lowest BCUT2D eigenvalue weighted by molar-refractivity contribution is 0.230. The van der Waals surface area contributed by atoms with Gasteiger partial charge in [-0.05, 0) is 56.3 Å². The van der Waals surface area contributed by atoms with Crippen LogP contribution in [0, 0.1) is 11.3 Å². The molecule has 2 fully saturated rings. The molecule has 1 aromatic heterocycles. The van der Waals surface area contributed by atoms with Crippen molar-refractivity contribution in [2.45, 2.75) is 26.4 Å². The van der Waals surface area contributed by atoms with Gasteiger partial charge in [-0.3, -0.25) is 0 Å². The van der Waals surface area contributed by atoms with Gasteiger partial charge in [0.2, 0.25) is 5.88 Å². The van der Waals surface area contributed by atoms with Gasteiger partial charge in [0.25, 0.3) is 0 Å². The molecule has 4 nitrogen and oxygen atoms in total. The number of hydrogen-bond donors (Lipinski definition) is 1. The Balaban J connectivity index is 1.59. The number of nitrogens with one attached hydrogen (secondary N) is 1. The van der Waals surface area contributed by atoms with Crippen LogP contribution in [0.3, 0.4) is 0 Å². The van der Waals surface area contributed by atoms with Crippen LogP contribution in [0.15, 0.2) is 30.5 Å². The molecule has 1 aliphatic heterocycles. The molecule has 116 valence electrons. The van der Waals surface area contributed by atoms with Crippen molar-refractivity contribution in [2.75, 3.05) is 19.7 Å². The van der Waals surface area contributed by atoms with E-state index in [1.165, 1.54) is 6.42 Å². The van der Waals surface area contributed by atoms with Crippen LogP contribution in [0.1, 0.15) is 20.3 Å². The zero-order chi connectivity index (χ0) is 15.2. The molecule has 4 heteroatoms. The molecule has 1 saturated heterocycles. The maximum atomic E-state index is 6.10. The number of benzene rings is 1. The fraction of sp³-hybridized carbons (Fsp3) is 0.500. The first-order valence-electron chi connectivity index (χ1n) is 8.05. The summed E-state index contributed by atoms with van der Waals surface area (Å²) in [6, 6.07) is 8.11. The predicted molar refractivity (Wildman–Crippen MR) is 86.4 cm³/mol. The van der Waals surface area contributed by atoms with E-state index in [0.717, 1.165) is 48.0 Å². The summed E-state index contributed by atoms with van der Waals surface area (Å²) in [7, 11) is 0. The van der Waals surface area contributed by atoms with Crippen molar-refractivity contribution in [3.05, 3.63) is 30.5 Å². The zero-order valence-electron chi connectivity index (χ0n) is 13.1. The van der Waals surface area contributed by atoms with Crippen molar-refractivity contribution < 1.29 is 9.47 Å². The van der Waals surface area contributed by atoms with E-state index >= 15 is 0 Å². The van der Waals surface area contributed by atoms with Gasteiger partial charge in [0.05, 0.1) is 12.7 Å². The topological polar surface area (TPSA) is 43.4 Å². The summed E-state index contributed by atoms with van der Waals surface area (Å²) in [5.74, 6) is 2.38. The van der Waals surface area contributed by atoms with Crippen LogP contribution in [0.25, 0.3) is 10.8 Å². The number of piperidine rings is 1. The third kappa shape index (κ3) is 2.41. The maximum absolute atomic E-state index is 6.10. The molecule has 2 heterocycles. The lowest BCUT2D eigenvalue weighted by Crippen LogP contribution is -2.22. The van der Waals surface area contributed by atoms with Crippen molar-refractivity contribution >= 4 is 10.8 Å². The van der Waals surface area contributed by atoms with Crippen LogP contribution in [0.2, 0.25) is 0 Å². The quantitative estimate of drug-likeness (QED) is 0.921. The summed E-state index contributed by atoms with van der Waals surface area (Å²) in [6.45, 7) is 7.03. The summed E-state index contributed by atoms with van der Waals surface area (Å²) in [5, 5.41) is 5.61. The Morgan fingerprint density at radius 1 is 1.36 bits per heavy atom. The minimum absolute atomic E-state index is 0.161. The van der Waals surface area contributed by atoms with E-state index in [9.17, 15) is 0 Å². The van der Waals surface area contributed by atoms with Crippen LogP contribution < -0.4 is 14.8 Å². The lowest BCUT2D eigenvalue weighted by atomic mass is 10.1. The van der Waals surface area contributed by atoms with Gasteiger partial charge in [0.15, 0.2) is 0 Å². The minimum atomic E-state index is 0.161. The fourth-order valence-corrected chi connectivity index (χ4v) is 3.45. The maximum Gasteiger partial charge on any atom is 0.221 e. The first kappa shape index (κ1) is 13.8. The molecule has 0 amide bonds. The van der Waals surface area contributed by atoms with E-state index in [1.54, 1.807) is 0 Å². The summed E-state index contributed by atoms with van der Waals surface area (Å²) in [6.07, 6.45) is 3.26. The van der Waals surface area contributed by atoms with Crippen molar-refractivity contribution in [1.82, 2.24) is 10.3 Å². The number of nitrogens with zero attached hydrogens (tertiary/aromatic N) is 1. The molecule has 1 aliphatic carbocycles. The van der Waals surface area contributed by atoms with Gasteiger partial charge in [0.1, 0.15) is 5.75 Å². The number of pyridine rings is 1. The molecule has 2 aliphatic rings. The molecule has 2 aromatic rings. The third-order valence-corrected chi connectivity index (χ3v) is 4.80. The van der Waals surface area contributed by atoms with E-state index < -0.39 is 0 Å². The Morgan fingerprint density at radius 3 is 3.00 bits per heavy atom. The smallest absolute Gasteiger partial charge is 0.221 e. The molecule has 4 rings (SSSR count). The number of hydrogen-bond acceptors (Lipinski definition) is 4. The highest BCUT2D eigenvalue weighted by molar-refractivity contribution is 5.87. The standard InChI is InChI=1S/C18H22N2O2/c1-12(2)22-15-4-3-13-5-6-20-17(16(13)7-15)21-11-18-8-14(18)9-19-10-18/h3-7,12,14,19H,8-11H2,1-2H3/t14-,18?/m0/s1. The Bertz CT molecular complexity index is 701. The van der Waals surface area contributed by atoms with Gasteiger partial charge in [-0.2, -0.15) is 0 Å². The highest BCUT2D eigenvalue weighted by atomic mass is 16.5. The molecule has 1 unspecified atom stereocenters. The largest absolute Gasteiger partial charge is 0.491 e. The van der Waals surface area contributed by atoms with Crippen LogP contribution in [-0.2, 0) is 0 Å². The van der Waals surface area contributed by atoms with Crippen LogP contribution >= 0.6 is 0 Å².